The van der Waals surface area contributed by atoms with Gasteiger partial charge in [-0.3, -0.25) is 9.36 Å². The predicted molar refractivity (Wildman–Crippen MR) is 170 cm³/mol. The molecule has 3 aromatic carbocycles. The molecule has 8 nitrogen and oxygen atoms in total. The number of aromatic nitrogens is 1. The van der Waals surface area contributed by atoms with Gasteiger partial charge in [0.05, 0.1) is 40.0 Å². The van der Waals surface area contributed by atoms with Crippen LogP contribution in [0.5, 0.6) is 17.2 Å². The number of nitrogens with zero attached hydrogens (tertiary/aromatic N) is 2. The van der Waals surface area contributed by atoms with Crippen molar-refractivity contribution in [2.24, 2.45) is 4.99 Å². The van der Waals surface area contributed by atoms with Crippen LogP contribution < -0.4 is 29.1 Å². The largest absolute Gasteiger partial charge is 0.490 e. The molecular weight excluding hydrogens is 667 g/mol. The SMILES string of the molecule is CCOc1ccc([C@@H]2C(C(=O)OC)=CN=c3s/c(=C\c4ccc(OCc5ccccc5)c(I)c4)c(=O)n32)cc1OCC. The first kappa shape index (κ1) is 29.6. The van der Waals surface area contributed by atoms with E-state index >= 15 is 0 Å². The first-order valence-electron chi connectivity index (χ1n) is 13.4. The third kappa shape index (κ3) is 6.29. The lowest BCUT2D eigenvalue weighted by Crippen LogP contribution is -2.39. The zero-order valence-corrected chi connectivity index (χ0v) is 26.3. The minimum Gasteiger partial charge on any atom is -0.490 e. The summed E-state index contributed by atoms with van der Waals surface area (Å²) in [5.41, 5.74) is 2.60. The molecule has 5 rings (SSSR count). The molecule has 1 aliphatic rings. The molecule has 0 radical (unpaired) electrons. The number of carbonyl (C=O) groups is 1. The van der Waals surface area contributed by atoms with Crippen LogP contribution in [-0.4, -0.2) is 30.9 Å². The number of methoxy groups -OCH3 is 1. The van der Waals surface area contributed by atoms with E-state index in [-0.39, 0.29) is 11.1 Å². The van der Waals surface area contributed by atoms with E-state index in [1.165, 1.54) is 29.2 Å². The molecule has 0 spiro atoms. The molecule has 0 N–H and O–H groups in total. The Morgan fingerprint density at radius 2 is 1.71 bits per heavy atom. The maximum atomic E-state index is 13.9. The second kappa shape index (κ2) is 13.4. The number of rotatable bonds is 10. The highest BCUT2D eigenvalue weighted by molar-refractivity contribution is 14.1. The topological polar surface area (TPSA) is 88.4 Å². The number of hydrogen-bond acceptors (Lipinski definition) is 8. The zero-order chi connectivity index (χ0) is 29.6. The minimum atomic E-state index is -0.750. The van der Waals surface area contributed by atoms with E-state index < -0.39 is 12.0 Å². The number of fused-ring (bicyclic) bond motifs is 1. The minimum absolute atomic E-state index is 0.248. The van der Waals surface area contributed by atoms with Crippen molar-refractivity contribution in [3.05, 3.63) is 118 Å². The maximum absolute atomic E-state index is 13.9. The lowest BCUT2D eigenvalue weighted by atomic mass is 9.97. The fraction of sp³-hybridized carbons (Fsp3) is 0.219. The van der Waals surface area contributed by atoms with Crippen LogP contribution in [0, 0.1) is 3.57 Å². The summed E-state index contributed by atoms with van der Waals surface area (Å²) in [5.74, 6) is 1.32. The molecule has 216 valence electrons. The summed E-state index contributed by atoms with van der Waals surface area (Å²) in [6, 6.07) is 20.4. The summed E-state index contributed by atoms with van der Waals surface area (Å²) in [7, 11) is 1.31. The van der Waals surface area contributed by atoms with Crippen molar-refractivity contribution in [1.82, 2.24) is 4.57 Å². The second-order valence-corrected chi connectivity index (χ2v) is 11.4. The van der Waals surface area contributed by atoms with Gasteiger partial charge in [0.25, 0.3) is 5.56 Å². The number of halogens is 1. The van der Waals surface area contributed by atoms with Crippen LogP contribution in [0.4, 0.5) is 0 Å². The standard InChI is InChI=1S/C32H29IN2O6S/c1-4-39-26-14-12-22(17-27(26)40-5-2)29-23(31(37)38-3)18-34-32-35(29)30(36)28(42-32)16-21-11-13-25(24(33)15-21)41-19-20-9-7-6-8-10-20/h6-18,29H,4-5,19H2,1-3H3/b28-16-/t29-/m1/s1. The Kier molecular flexibility index (Phi) is 9.43. The van der Waals surface area contributed by atoms with Crippen LogP contribution >= 0.6 is 33.9 Å². The summed E-state index contributed by atoms with van der Waals surface area (Å²) >= 11 is 3.50. The third-order valence-corrected chi connectivity index (χ3v) is 8.34. The molecule has 1 aliphatic heterocycles. The molecular formula is C32H29IN2O6S. The van der Waals surface area contributed by atoms with Crippen molar-refractivity contribution in [2.75, 3.05) is 20.3 Å². The maximum Gasteiger partial charge on any atom is 0.337 e. The first-order valence-corrected chi connectivity index (χ1v) is 15.3. The van der Waals surface area contributed by atoms with Crippen LogP contribution in [0.2, 0.25) is 0 Å². The highest BCUT2D eigenvalue weighted by Crippen LogP contribution is 2.35. The molecule has 1 aromatic heterocycles. The van der Waals surface area contributed by atoms with E-state index in [4.69, 9.17) is 18.9 Å². The van der Waals surface area contributed by atoms with E-state index in [1.807, 2.05) is 74.5 Å². The third-order valence-electron chi connectivity index (χ3n) is 6.50. The second-order valence-electron chi connectivity index (χ2n) is 9.21. The Bertz CT molecular complexity index is 1810. The Hall–Kier alpha value is -3.90. The van der Waals surface area contributed by atoms with Gasteiger partial charge in [0.1, 0.15) is 12.4 Å². The molecule has 0 amide bonds. The van der Waals surface area contributed by atoms with Crippen molar-refractivity contribution in [3.63, 3.8) is 0 Å². The summed E-state index contributed by atoms with van der Waals surface area (Å²) in [6.07, 6.45) is 3.31. The molecule has 0 unspecified atom stereocenters. The monoisotopic (exact) mass is 696 g/mol. The molecule has 0 bridgehead atoms. The van der Waals surface area contributed by atoms with Crippen LogP contribution in [0.25, 0.3) is 6.08 Å². The van der Waals surface area contributed by atoms with Gasteiger partial charge in [-0.25, -0.2) is 9.79 Å². The van der Waals surface area contributed by atoms with Crippen LogP contribution in [0.1, 0.15) is 36.6 Å². The number of thiazole rings is 1. The van der Waals surface area contributed by atoms with Gasteiger partial charge in [-0.2, -0.15) is 0 Å². The summed E-state index contributed by atoms with van der Waals surface area (Å²) in [5, 5.41) is 0. The Morgan fingerprint density at radius 1 is 0.976 bits per heavy atom. The van der Waals surface area contributed by atoms with Crippen molar-refractivity contribution >= 4 is 46.0 Å². The molecule has 2 heterocycles. The average Bonchev–Trinajstić information content (AvgIpc) is 3.32. The van der Waals surface area contributed by atoms with Crippen LogP contribution in [-0.2, 0) is 16.1 Å². The Morgan fingerprint density at radius 3 is 2.43 bits per heavy atom. The predicted octanol–water partition coefficient (Wildman–Crippen LogP) is 5.00. The molecule has 0 saturated heterocycles. The molecule has 0 saturated carbocycles. The van der Waals surface area contributed by atoms with E-state index in [9.17, 15) is 9.59 Å². The normalized spacial score (nSPS) is 14.4. The van der Waals surface area contributed by atoms with Crippen molar-refractivity contribution < 1.29 is 23.7 Å². The van der Waals surface area contributed by atoms with Gasteiger partial charge in [0.15, 0.2) is 16.3 Å². The van der Waals surface area contributed by atoms with Gasteiger partial charge in [-0.15, -0.1) is 0 Å². The number of hydrogen-bond donors (Lipinski definition) is 0. The van der Waals surface area contributed by atoms with Gasteiger partial charge >= 0.3 is 5.97 Å². The average molecular weight is 697 g/mol. The van der Waals surface area contributed by atoms with Gasteiger partial charge in [0, 0.05) is 6.20 Å². The number of ether oxygens (including phenoxy) is 4. The van der Waals surface area contributed by atoms with E-state index in [0.29, 0.717) is 46.2 Å². The lowest BCUT2D eigenvalue weighted by molar-refractivity contribution is -0.136. The van der Waals surface area contributed by atoms with Gasteiger partial charge < -0.3 is 18.9 Å². The van der Waals surface area contributed by atoms with Crippen molar-refractivity contribution in [2.45, 2.75) is 26.5 Å². The van der Waals surface area contributed by atoms with E-state index in [2.05, 4.69) is 27.6 Å². The summed E-state index contributed by atoms with van der Waals surface area (Å²) in [6.45, 7) is 5.15. The van der Waals surface area contributed by atoms with Crippen LogP contribution in [0.15, 0.2) is 88.3 Å². The fourth-order valence-electron chi connectivity index (χ4n) is 4.60. The molecule has 0 aliphatic carbocycles. The van der Waals surface area contributed by atoms with E-state index in [0.717, 1.165) is 20.4 Å². The quantitative estimate of drug-likeness (QED) is 0.172. The number of esters is 1. The summed E-state index contributed by atoms with van der Waals surface area (Å²) < 4.78 is 25.6. The highest BCUT2D eigenvalue weighted by Gasteiger charge is 2.31. The van der Waals surface area contributed by atoms with Gasteiger partial charge in [-0.05, 0) is 83.5 Å². The number of carbonyl (C=O) groups excluding carboxylic acids is 1. The molecule has 0 fully saturated rings. The summed E-state index contributed by atoms with van der Waals surface area (Å²) in [4.78, 5) is 31.6. The zero-order valence-electron chi connectivity index (χ0n) is 23.3. The molecule has 42 heavy (non-hydrogen) atoms. The fourth-order valence-corrected chi connectivity index (χ4v) is 6.26. The smallest absolute Gasteiger partial charge is 0.337 e. The van der Waals surface area contributed by atoms with Crippen molar-refractivity contribution in [3.8, 4) is 17.2 Å². The lowest BCUT2D eigenvalue weighted by Gasteiger charge is -2.23. The highest BCUT2D eigenvalue weighted by atomic mass is 127. The number of benzene rings is 3. The van der Waals surface area contributed by atoms with Gasteiger partial charge in [-0.1, -0.05) is 53.8 Å². The van der Waals surface area contributed by atoms with Gasteiger partial charge in [0.2, 0.25) is 0 Å². The first-order chi connectivity index (χ1) is 20.4. The Balaban J connectivity index is 1.53. The Labute approximate surface area is 260 Å². The van der Waals surface area contributed by atoms with Crippen LogP contribution in [0.3, 0.4) is 0 Å². The molecule has 10 heteroatoms. The van der Waals surface area contributed by atoms with Crippen molar-refractivity contribution in [1.29, 1.82) is 0 Å². The molecule has 4 aromatic rings. The molecule has 1 atom stereocenters. The van der Waals surface area contributed by atoms with E-state index in [1.54, 1.807) is 12.1 Å².